The van der Waals surface area contributed by atoms with Crippen LogP contribution in [-0.2, 0) is 17.9 Å². The molecule has 0 spiro atoms. The summed E-state index contributed by atoms with van der Waals surface area (Å²) in [4.78, 5) is 17.6. The maximum Gasteiger partial charge on any atom is 0.225 e. The van der Waals surface area contributed by atoms with Gasteiger partial charge in [-0.1, -0.05) is 0 Å². The number of aryl methyl sites for hydroxylation is 1. The van der Waals surface area contributed by atoms with Gasteiger partial charge in [0.1, 0.15) is 11.5 Å². The molecule has 0 radical (unpaired) electrons. The quantitative estimate of drug-likeness (QED) is 0.889. The lowest BCUT2D eigenvalue weighted by Crippen LogP contribution is -2.27. The Hall–Kier alpha value is -1.66. The highest BCUT2D eigenvalue weighted by Crippen LogP contribution is 2.20. The van der Waals surface area contributed by atoms with E-state index in [1.807, 2.05) is 31.4 Å². The van der Waals surface area contributed by atoms with E-state index in [0.717, 1.165) is 22.3 Å². The monoisotopic (exact) mass is 293 g/mol. The lowest BCUT2D eigenvalue weighted by Gasteiger charge is -2.14. The Morgan fingerprint density at radius 2 is 2.25 bits per heavy atom. The normalized spacial score (nSPS) is 10.8. The molecule has 1 amide bonds. The number of hydrogen-bond donors (Lipinski definition) is 1. The molecule has 0 fully saturated rings. The second kappa shape index (κ2) is 6.67. The van der Waals surface area contributed by atoms with Crippen molar-refractivity contribution in [3.8, 4) is 0 Å². The van der Waals surface area contributed by atoms with Crippen molar-refractivity contribution >= 4 is 22.4 Å². The molecule has 0 saturated heterocycles. The number of thiazole rings is 1. The van der Waals surface area contributed by atoms with Crippen molar-refractivity contribution in [3.63, 3.8) is 0 Å². The predicted molar refractivity (Wildman–Crippen MR) is 79.8 cm³/mol. The van der Waals surface area contributed by atoms with Gasteiger partial charge in [-0.25, -0.2) is 4.98 Å². The van der Waals surface area contributed by atoms with Crippen molar-refractivity contribution in [2.24, 2.45) is 0 Å². The summed E-state index contributed by atoms with van der Waals surface area (Å²) in [7, 11) is 0. The molecule has 2 aromatic rings. The molecule has 0 aromatic carbocycles. The van der Waals surface area contributed by atoms with Crippen LogP contribution in [0.1, 0.15) is 31.1 Å². The third-order valence-electron chi connectivity index (χ3n) is 2.87. The largest absolute Gasteiger partial charge is 0.465 e. The Kier molecular flexibility index (Phi) is 4.92. The summed E-state index contributed by atoms with van der Waals surface area (Å²) < 4.78 is 5.48. The standard InChI is InChI=1S/C14H19N3O2S/c1-4-17(11(3)18)14-16-12(9-20-14)7-15-8-13-6-5-10(2)19-13/h5-6,9,15H,4,7-8H2,1-3H3. The van der Waals surface area contributed by atoms with Crippen molar-refractivity contribution in [1.29, 1.82) is 0 Å². The summed E-state index contributed by atoms with van der Waals surface area (Å²) in [6.07, 6.45) is 0. The van der Waals surface area contributed by atoms with Crippen molar-refractivity contribution in [2.45, 2.75) is 33.9 Å². The van der Waals surface area contributed by atoms with E-state index in [-0.39, 0.29) is 5.91 Å². The lowest BCUT2D eigenvalue weighted by molar-refractivity contribution is -0.116. The second-order valence-corrected chi connectivity index (χ2v) is 5.34. The molecule has 0 atom stereocenters. The molecule has 108 valence electrons. The SMILES string of the molecule is CCN(C(C)=O)c1nc(CNCc2ccc(C)o2)cs1. The third kappa shape index (κ3) is 3.68. The molecule has 0 bridgehead atoms. The number of hydrogen-bond acceptors (Lipinski definition) is 5. The highest BCUT2D eigenvalue weighted by Gasteiger charge is 2.13. The minimum atomic E-state index is 0.0208. The molecule has 0 aliphatic carbocycles. The number of nitrogens with one attached hydrogen (secondary N) is 1. The molecular weight excluding hydrogens is 274 g/mol. The number of carbonyl (C=O) groups excluding carboxylic acids is 1. The Balaban J connectivity index is 1.88. The van der Waals surface area contributed by atoms with Crippen LogP contribution in [0.15, 0.2) is 21.9 Å². The molecule has 0 saturated carbocycles. The van der Waals surface area contributed by atoms with Gasteiger partial charge >= 0.3 is 0 Å². The van der Waals surface area contributed by atoms with Gasteiger partial charge in [0.2, 0.25) is 5.91 Å². The fraction of sp³-hybridized carbons (Fsp3) is 0.429. The first-order valence-corrected chi connectivity index (χ1v) is 7.46. The van der Waals surface area contributed by atoms with E-state index in [0.29, 0.717) is 19.6 Å². The highest BCUT2D eigenvalue weighted by molar-refractivity contribution is 7.14. The van der Waals surface area contributed by atoms with Crippen LogP contribution >= 0.6 is 11.3 Å². The van der Waals surface area contributed by atoms with E-state index < -0.39 is 0 Å². The summed E-state index contributed by atoms with van der Waals surface area (Å²) >= 11 is 1.49. The number of carbonyl (C=O) groups is 1. The number of rotatable bonds is 6. The van der Waals surface area contributed by atoms with Gasteiger partial charge in [0.25, 0.3) is 0 Å². The molecule has 5 nitrogen and oxygen atoms in total. The Morgan fingerprint density at radius 3 is 2.85 bits per heavy atom. The average molecular weight is 293 g/mol. The molecular formula is C14H19N3O2S. The average Bonchev–Trinajstić information content (AvgIpc) is 3.00. The first-order valence-electron chi connectivity index (χ1n) is 6.58. The van der Waals surface area contributed by atoms with Crippen LogP contribution < -0.4 is 10.2 Å². The molecule has 20 heavy (non-hydrogen) atoms. The number of nitrogens with zero attached hydrogens (tertiary/aromatic N) is 2. The fourth-order valence-corrected chi connectivity index (χ4v) is 2.82. The Bertz CT molecular complexity index is 576. The fourth-order valence-electron chi connectivity index (χ4n) is 1.89. The van der Waals surface area contributed by atoms with Gasteiger partial charge in [0.05, 0.1) is 12.2 Å². The van der Waals surface area contributed by atoms with Gasteiger partial charge in [0.15, 0.2) is 5.13 Å². The van der Waals surface area contributed by atoms with Gasteiger partial charge in [-0.05, 0) is 26.0 Å². The molecule has 0 unspecified atom stereocenters. The third-order valence-corrected chi connectivity index (χ3v) is 3.78. The predicted octanol–water partition coefficient (Wildman–Crippen LogP) is 2.71. The van der Waals surface area contributed by atoms with Crippen molar-refractivity contribution in [1.82, 2.24) is 10.3 Å². The van der Waals surface area contributed by atoms with Crippen molar-refractivity contribution in [3.05, 3.63) is 34.7 Å². The molecule has 2 heterocycles. The van der Waals surface area contributed by atoms with Crippen molar-refractivity contribution < 1.29 is 9.21 Å². The van der Waals surface area contributed by atoms with Gasteiger partial charge in [0, 0.05) is 25.4 Å². The Labute approximate surface area is 122 Å². The van der Waals surface area contributed by atoms with Gasteiger partial charge < -0.3 is 9.73 Å². The van der Waals surface area contributed by atoms with E-state index in [1.165, 1.54) is 11.3 Å². The summed E-state index contributed by atoms with van der Waals surface area (Å²) in [6, 6.07) is 3.91. The minimum absolute atomic E-state index is 0.0208. The Morgan fingerprint density at radius 1 is 1.45 bits per heavy atom. The molecule has 0 aliphatic heterocycles. The maximum atomic E-state index is 11.5. The van der Waals surface area contributed by atoms with E-state index in [9.17, 15) is 4.79 Å². The number of aromatic nitrogens is 1. The second-order valence-electron chi connectivity index (χ2n) is 4.50. The first-order chi connectivity index (χ1) is 9.60. The van der Waals surface area contributed by atoms with Crippen LogP contribution in [-0.4, -0.2) is 17.4 Å². The summed E-state index contributed by atoms with van der Waals surface area (Å²) in [5.41, 5.74) is 0.938. The van der Waals surface area contributed by atoms with Crippen LogP contribution in [0.3, 0.4) is 0 Å². The van der Waals surface area contributed by atoms with Crippen LogP contribution in [0.2, 0.25) is 0 Å². The molecule has 6 heteroatoms. The van der Waals surface area contributed by atoms with Gasteiger partial charge in [-0.2, -0.15) is 0 Å². The van der Waals surface area contributed by atoms with E-state index in [1.54, 1.807) is 11.8 Å². The topological polar surface area (TPSA) is 58.4 Å². The smallest absolute Gasteiger partial charge is 0.225 e. The molecule has 2 aromatic heterocycles. The number of furan rings is 1. The lowest BCUT2D eigenvalue weighted by atomic mass is 10.4. The van der Waals surface area contributed by atoms with Crippen molar-refractivity contribution in [2.75, 3.05) is 11.4 Å². The summed E-state index contributed by atoms with van der Waals surface area (Å²) in [5.74, 6) is 1.85. The number of anilines is 1. The molecule has 0 aliphatic rings. The van der Waals surface area contributed by atoms with Gasteiger partial charge in [-0.15, -0.1) is 11.3 Å². The summed E-state index contributed by atoms with van der Waals surface area (Å²) in [6.45, 7) is 7.40. The highest BCUT2D eigenvalue weighted by atomic mass is 32.1. The zero-order valence-corrected chi connectivity index (χ0v) is 12.8. The van der Waals surface area contributed by atoms with Crippen LogP contribution in [0.25, 0.3) is 0 Å². The number of amides is 1. The van der Waals surface area contributed by atoms with Crippen LogP contribution in [0.5, 0.6) is 0 Å². The minimum Gasteiger partial charge on any atom is -0.465 e. The van der Waals surface area contributed by atoms with E-state index >= 15 is 0 Å². The molecule has 1 N–H and O–H groups in total. The summed E-state index contributed by atoms with van der Waals surface area (Å²) in [5, 5.41) is 6.01. The van der Waals surface area contributed by atoms with Gasteiger partial charge in [-0.3, -0.25) is 9.69 Å². The van der Waals surface area contributed by atoms with E-state index in [2.05, 4.69) is 10.3 Å². The molecule has 2 rings (SSSR count). The van der Waals surface area contributed by atoms with E-state index in [4.69, 9.17) is 4.42 Å². The zero-order valence-electron chi connectivity index (χ0n) is 12.0. The maximum absolute atomic E-state index is 11.5. The zero-order chi connectivity index (χ0) is 14.5. The van der Waals surface area contributed by atoms with Crippen LogP contribution in [0.4, 0.5) is 5.13 Å². The van der Waals surface area contributed by atoms with Crippen LogP contribution in [0, 0.1) is 6.92 Å². The first kappa shape index (κ1) is 14.7.